The fraction of sp³-hybridized carbons (Fsp3) is 0.467. The van der Waals surface area contributed by atoms with Crippen LogP contribution in [0.5, 0.6) is 0 Å². The van der Waals surface area contributed by atoms with Gasteiger partial charge in [0, 0.05) is 13.0 Å². The number of ether oxygens (including phenoxy) is 1. The lowest BCUT2D eigenvalue weighted by Gasteiger charge is -2.22. The summed E-state index contributed by atoms with van der Waals surface area (Å²) in [5.74, 6) is -1.39. The summed E-state index contributed by atoms with van der Waals surface area (Å²) in [7, 11) is 0. The lowest BCUT2D eigenvalue weighted by Crippen LogP contribution is -2.22. The van der Waals surface area contributed by atoms with E-state index in [0.29, 0.717) is 12.8 Å². The molecule has 0 radical (unpaired) electrons. The quantitative estimate of drug-likeness (QED) is 0.874. The number of nitrogens with one attached hydrogen (secondary N) is 1. The summed E-state index contributed by atoms with van der Waals surface area (Å²) in [6, 6.07) is 4.62. The van der Waals surface area contributed by atoms with Gasteiger partial charge in [0.1, 0.15) is 5.56 Å². The highest BCUT2D eigenvalue weighted by Gasteiger charge is 2.18. The van der Waals surface area contributed by atoms with E-state index in [2.05, 4.69) is 5.32 Å². The Labute approximate surface area is 128 Å². The molecule has 5 nitrogen and oxygen atoms in total. The standard InChI is InChI=1S/C15H18ClNO4/c16-11-5-3-6-12(14(11)15(19)20)17-13(18)8-7-10-4-1-2-9-21-10/h3,5-6,10H,1-2,4,7-9H2,(H,17,18)(H,19,20). The summed E-state index contributed by atoms with van der Waals surface area (Å²) >= 11 is 5.85. The number of halogens is 1. The molecule has 2 rings (SSSR count). The van der Waals surface area contributed by atoms with Crippen LogP contribution in [0.25, 0.3) is 0 Å². The summed E-state index contributed by atoms with van der Waals surface area (Å²) in [4.78, 5) is 23.1. The molecule has 0 aromatic heterocycles. The van der Waals surface area contributed by atoms with Crippen molar-refractivity contribution >= 4 is 29.2 Å². The molecule has 1 atom stereocenters. The molecule has 6 heteroatoms. The third-order valence-corrected chi connectivity index (χ3v) is 3.78. The summed E-state index contributed by atoms with van der Waals surface area (Å²) in [6.45, 7) is 0.754. The second kappa shape index (κ2) is 7.43. The molecule has 1 aromatic carbocycles. The number of rotatable bonds is 5. The van der Waals surface area contributed by atoms with Crippen LogP contribution in [0.4, 0.5) is 5.69 Å². The normalized spacial score (nSPS) is 18.2. The van der Waals surface area contributed by atoms with Gasteiger partial charge in [-0.15, -0.1) is 0 Å². The molecule has 114 valence electrons. The Kier molecular flexibility index (Phi) is 5.59. The van der Waals surface area contributed by atoms with E-state index in [4.69, 9.17) is 21.4 Å². The number of carboxylic acids is 1. The fourth-order valence-corrected chi connectivity index (χ4v) is 2.64. The van der Waals surface area contributed by atoms with Gasteiger partial charge in [0.25, 0.3) is 0 Å². The Morgan fingerprint density at radius 1 is 1.38 bits per heavy atom. The van der Waals surface area contributed by atoms with E-state index in [1.165, 1.54) is 12.1 Å². The SMILES string of the molecule is O=C(CCC1CCCCO1)Nc1cccc(Cl)c1C(=O)O. The van der Waals surface area contributed by atoms with E-state index in [-0.39, 0.29) is 28.3 Å². The molecule has 0 bridgehead atoms. The van der Waals surface area contributed by atoms with Crippen molar-refractivity contribution < 1.29 is 19.4 Å². The van der Waals surface area contributed by atoms with Crippen molar-refractivity contribution in [1.29, 1.82) is 0 Å². The van der Waals surface area contributed by atoms with E-state index in [0.717, 1.165) is 25.9 Å². The lowest BCUT2D eigenvalue weighted by atomic mass is 10.0. The Balaban J connectivity index is 1.93. The van der Waals surface area contributed by atoms with Crippen LogP contribution in [-0.4, -0.2) is 29.7 Å². The highest BCUT2D eigenvalue weighted by Crippen LogP contribution is 2.25. The molecule has 1 heterocycles. The minimum absolute atomic E-state index is 0.0820. The van der Waals surface area contributed by atoms with E-state index < -0.39 is 5.97 Å². The zero-order valence-electron chi connectivity index (χ0n) is 11.6. The Hall–Kier alpha value is -1.59. The molecule has 0 spiro atoms. The van der Waals surface area contributed by atoms with Gasteiger partial charge in [-0.3, -0.25) is 4.79 Å². The van der Waals surface area contributed by atoms with Crippen LogP contribution in [-0.2, 0) is 9.53 Å². The zero-order valence-corrected chi connectivity index (χ0v) is 12.4. The fourth-order valence-electron chi connectivity index (χ4n) is 2.39. The first-order valence-electron chi connectivity index (χ1n) is 7.01. The van der Waals surface area contributed by atoms with Crippen LogP contribution in [0, 0.1) is 0 Å². The highest BCUT2D eigenvalue weighted by molar-refractivity contribution is 6.34. The number of hydrogen-bond acceptors (Lipinski definition) is 3. The van der Waals surface area contributed by atoms with Crippen LogP contribution in [0.2, 0.25) is 5.02 Å². The maximum Gasteiger partial charge on any atom is 0.339 e. The molecular weight excluding hydrogens is 294 g/mol. The van der Waals surface area contributed by atoms with Crippen LogP contribution < -0.4 is 5.32 Å². The highest BCUT2D eigenvalue weighted by atomic mass is 35.5. The molecule has 1 aromatic rings. The van der Waals surface area contributed by atoms with Crippen molar-refractivity contribution in [2.45, 2.75) is 38.2 Å². The molecule has 2 N–H and O–H groups in total. The first kappa shape index (κ1) is 15.8. The van der Waals surface area contributed by atoms with Crippen molar-refractivity contribution in [2.24, 2.45) is 0 Å². The average Bonchev–Trinajstić information content (AvgIpc) is 2.46. The van der Waals surface area contributed by atoms with Crippen molar-refractivity contribution in [3.8, 4) is 0 Å². The molecule has 1 unspecified atom stereocenters. The van der Waals surface area contributed by atoms with E-state index >= 15 is 0 Å². The Bertz CT molecular complexity index is 526. The van der Waals surface area contributed by atoms with Crippen LogP contribution >= 0.6 is 11.6 Å². The predicted octanol–water partition coefficient (Wildman–Crippen LogP) is 3.33. The first-order chi connectivity index (χ1) is 10.1. The minimum Gasteiger partial charge on any atom is -0.478 e. The second-order valence-corrected chi connectivity index (χ2v) is 5.45. The largest absolute Gasteiger partial charge is 0.478 e. The van der Waals surface area contributed by atoms with Crippen molar-refractivity contribution in [2.75, 3.05) is 11.9 Å². The van der Waals surface area contributed by atoms with Crippen LogP contribution in [0.3, 0.4) is 0 Å². The second-order valence-electron chi connectivity index (χ2n) is 5.04. The summed E-state index contributed by atoms with van der Waals surface area (Å²) in [5.41, 5.74) is 0.144. The number of carbonyl (C=O) groups is 2. The van der Waals surface area contributed by atoms with Gasteiger partial charge in [0.2, 0.25) is 5.91 Å². The number of anilines is 1. The molecular formula is C15H18ClNO4. The maximum atomic E-state index is 11.9. The van der Waals surface area contributed by atoms with Crippen LogP contribution in [0.15, 0.2) is 18.2 Å². The average molecular weight is 312 g/mol. The smallest absolute Gasteiger partial charge is 0.339 e. The van der Waals surface area contributed by atoms with E-state index in [9.17, 15) is 9.59 Å². The van der Waals surface area contributed by atoms with Crippen LogP contribution in [0.1, 0.15) is 42.5 Å². The van der Waals surface area contributed by atoms with Crippen molar-refractivity contribution in [3.63, 3.8) is 0 Å². The number of carboxylic acid groups (broad SMARTS) is 1. The molecule has 0 aliphatic carbocycles. The topological polar surface area (TPSA) is 75.6 Å². The maximum absolute atomic E-state index is 11.9. The third-order valence-electron chi connectivity index (χ3n) is 3.47. The number of hydrogen-bond donors (Lipinski definition) is 2. The number of aromatic carboxylic acids is 1. The zero-order chi connectivity index (χ0) is 15.2. The first-order valence-corrected chi connectivity index (χ1v) is 7.39. The third kappa shape index (κ3) is 4.44. The van der Waals surface area contributed by atoms with Gasteiger partial charge < -0.3 is 15.2 Å². The molecule has 0 saturated carbocycles. The Morgan fingerprint density at radius 3 is 2.86 bits per heavy atom. The van der Waals surface area contributed by atoms with Gasteiger partial charge >= 0.3 is 5.97 Å². The van der Waals surface area contributed by atoms with E-state index in [1.54, 1.807) is 6.07 Å². The van der Waals surface area contributed by atoms with Gasteiger partial charge in [0.05, 0.1) is 16.8 Å². The van der Waals surface area contributed by atoms with Crippen molar-refractivity contribution in [3.05, 3.63) is 28.8 Å². The molecule has 1 saturated heterocycles. The summed E-state index contributed by atoms with van der Waals surface area (Å²) in [5, 5.41) is 11.9. The number of benzene rings is 1. The minimum atomic E-state index is -1.16. The van der Waals surface area contributed by atoms with Gasteiger partial charge in [-0.2, -0.15) is 0 Å². The number of carbonyl (C=O) groups excluding carboxylic acids is 1. The molecule has 1 fully saturated rings. The lowest BCUT2D eigenvalue weighted by molar-refractivity contribution is -0.117. The number of amides is 1. The summed E-state index contributed by atoms with van der Waals surface area (Å²) < 4.78 is 5.56. The van der Waals surface area contributed by atoms with Gasteiger partial charge in [0.15, 0.2) is 0 Å². The van der Waals surface area contributed by atoms with E-state index in [1.807, 2.05) is 0 Å². The molecule has 21 heavy (non-hydrogen) atoms. The molecule has 1 aliphatic heterocycles. The molecule has 1 amide bonds. The monoisotopic (exact) mass is 311 g/mol. The van der Waals surface area contributed by atoms with Gasteiger partial charge in [-0.25, -0.2) is 4.79 Å². The predicted molar refractivity (Wildman–Crippen MR) is 79.9 cm³/mol. The van der Waals surface area contributed by atoms with Crippen molar-refractivity contribution in [1.82, 2.24) is 0 Å². The molecule has 1 aliphatic rings. The Morgan fingerprint density at radius 2 is 2.19 bits per heavy atom. The summed E-state index contributed by atoms with van der Waals surface area (Å²) in [6.07, 6.45) is 4.26. The van der Waals surface area contributed by atoms with Gasteiger partial charge in [-0.1, -0.05) is 17.7 Å². The van der Waals surface area contributed by atoms with Gasteiger partial charge in [-0.05, 0) is 37.8 Å².